The lowest BCUT2D eigenvalue weighted by Crippen LogP contribution is -2.27. The van der Waals surface area contributed by atoms with Gasteiger partial charge in [-0.05, 0) is 63.0 Å². The number of rotatable bonds is 3. The van der Waals surface area contributed by atoms with Gasteiger partial charge in [0.15, 0.2) is 0 Å². The van der Waals surface area contributed by atoms with Crippen LogP contribution >= 0.6 is 23.5 Å². The molecule has 0 aliphatic heterocycles. The van der Waals surface area contributed by atoms with Crippen LogP contribution < -0.4 is 0 Å². The average molecular weight is 273 g/mol. The minimum Gasteiger partial charge on any atom is -0.162 e. The SMILES string of the molecule is CSC1CC(C)CC(SC2CCC(C)CC2)C1. The summed E-state index contributed by atoms with van der Waals surface area (Å²) in [6.45, 7) is 4.88. The minimum absolute atomic E-state index is 0.943. The highest BCUT2D eigenvalue weighted by Crippen LogP contribution is 2.41. The topological polar surface area (TPSA) is 0 Å². The van der Waals surface area contributed by atoms with Crippen LogP contribution in [0, 0.1) is 11.8 Å². The molecule has 0 aromatic rings. The maximum atomic E-state index is 2.46. The van der Waals surface area contributed by atoms with Crippen molar-refractivity contribution in [3.8, 4) is 0 Å². The third-order valence-corrected chi connectivity index (χ3v) is 7.22. The summed E-state index contributed by atoms with van der Waals surface area (Å²) in [6.07, 6.45) is 12.6. The molecule has 3 atom stereocenters. The lowest BCUT2D eigenvalue weighted by Gasteiger charge is -2.35. The smallest absolute Gasteiger partial charge is 0.00629 e. The third-order valence-electron chi connectivity index (χ3n) is 4.54. The predicted molar refractivity (Wildman–Crippen MR) is 83.1 cm³/mol. The van der Waals surface area contributed by atoms with Crippen LogP contribution in [0.15, 0.2) is 0 Å². The Hall–Kier alpha value is 0.700. The largest absolute Gasteiger partial charge is 0.162 e. The van der Waals surface area contributed by atoms with Gasteiger partial charge >= 0.3 is 0 Å². The van der Waals surface area contributed by atoms with E-state index >= 15 is 0 Å². The van der Waals surface area contributed by atoms with Gasteiger partial charge in [0.25, 0.3) is 0 Å². The molecule has 2 rings (SSSR count). The summed E-state index contributed by atoms with van der Waals surface area (Å²) >= 11 is 4.46. The van der Waals surface area contributed by atoms with Crippen LogP contribution in [-0.2, 0) is 0 Å². The van der Waals surface area contributed by atoms with Gasteiger partial charge in [0.1, 0.15) is 0 Å². The second-order valence-electron chi connectivity index (χ2n) is 6.31. The molecule has 0 radical (unpaired) electrons. The maximum Gasteiger partial charge on any atom is 0.00629 e. The van der Waals surface area contributed by atoms with E-state index < -0.39 is 0 Å². The summed E-state index contributed by atoms with van der Waals surface area (Å²) in [4.78, 5) is 0. The molecule has 0 N–H and O–H groups in total. The molecular weight excluding hydrogens is 244 g/mol. The van der Waals surface area contributed by atoms with Crippen LogP contribution in [0.1, 0.15) is 58.8 Å². The van der Waals surface area contributed by atoms with Crippen molar-refractivity contribution in [1.82, 2.24) is 0 Å². The number of hydrogen-bond donors (Lipinski definition) is 0. The zero-order chi connectivity index (χ0) is 12.3. The highest BCUT2D eigenvalue weighted by atomic mass is 32.2. The van der Waals surface area contributed by atoms with E-state index in [4.69, 9.17) is 0 Å². The van der Waals surface area contributed by atoms with E-state index in [0.29, 0.717) is 0 Å². The molecule has 3 unspecified atom stereocenters. The molecule has 0 saturated heterocycles. The third kappa shape index (κ3) is 4.38. The first-order chi connectivity index (χ1) is 8.17. The fourth-order valence-electron chi connectivity index (χ4n) is 3.42. The monoisotopic (exact) mass is 272 g/mol. The standard InChI is InChI=1S/C15H28S2/c1-11-4-6-13(7-5-11)17-15-9-12(2)8-14(10-15)16-3/h11-15H,4-10H2,1-3H3. The first kappa shape index (κ1) is 14.1. The average Bonchev–Trinajstić information content (AvgIpc) is 2.31. The molecule has 2 saturated carbocycles. The molecule has 2 aliphatic rings. The van der Waals surface area contributed by atoms with E-state index in [0.717, 1.165) is 27.6 Å². The number of thioether (sulfide) groups is 2. The second kappa shape index (κ2) is 6.75. The number of hydrogen-bond acceptors (Lipinski definition) is 2. The van der Waals surface area contributed by atoms with Gasteiger partial charge in [-0.25, -0.2) is 0 Å². The van der Waals surface area contributed by atoms with Gasteiger partial charge in [-0.3, -0.25) is 0 Å². The van der Waals surface area contributed by atoms with Crippen LogP contribution in [-0.4, -0.2) is 22.0 Å². The molecule has 0 amide bonds. The van der Waals surface area contributed by atoms with Crippen LogP contribution in [0.25, 0.3) is 0 Å². The van der Waals surface area contributed by atoms with Crippen molar-refractivity contribution in [2.75, 3.05) is 6.26 Å². The van der Waals surface area contributed by atoms with E-state index in [1.54, 1.807) is 0 Å². The van der Waals surface area contributed by atoms with E-state index in [9.17, 15) is 0 Å². The van der Waals surface area contributed by atoms with Crippen molar-refractivity contribution >= 4 is 23.5 Å². The van der Waals surface area contributed by atoms with Gasteiger partial charge in [-0.1, -0.05) is 13.8 Å². The van der Waals surface area contributed by atoms with Gasteiger partial charge in [-0.2, -0.15) is 23.5 Å². The lowest BCUT2D eigenvalue weighted by molar-refractivity contribution is 0.383. The quantitative estimate of drug-likeness (QED) is 0.691. The zero-order valence-corrected chi connectivity index (χ0v) is 13.3. The fraction of sp³-hybridized carbons (Fsp3) is 1.00. The molecule has 100 valence electrons. The van der Waals surface area contributed by atoms with Crippen molar-refractivity contribution in [1.29, 1.82) is 0 Å². The van der Waals surface area contributed by atoms with Gasteiger partial charge in [0.2, 0.25) is 0 Å². The molecule has 0 spiro atoms. The predicted octanol–water partition coefficient (Wildman–Crippen LogP) is 5.22. The highest BCUT2D eigenvalue weighted by molar-refractivity contribution is 8.01. The van der Waals surface area contributed by atoms with E-state index in [2.05, 4.69) is 43.6 Å². The van der Waals surface area contributed by atoms with Gasteiger partial charge in [0, 0.05) is 15.7 Å². The van der Waals surface area contributed by atoms with Crippen LogP contribution in [0.2, 0.25) is 0 Å². The van der Waals surface area contributed by atoms with Gasteiger partial charge < -0.3 is 0 Å². The van der Waals surface area contributed by atoms with Gasteiger partial charge in [-0.15, -0.1) is 0 Å². The fourth-order valence-corrected chi connectivity index (χ4v) is 6.36. The van der Waals surface area contributed by atoms with Crippen molar-refractivity contribution < 1.29 is 0 Å². The van der Waals surface area contributed by atoms with Crippen LogP contribution in [0.4, 0.5) is 0 Å². The highest BCUT2D eigenvalue weighted by Gasteiger charge is 2.29. The summed E-state index contributed by atoms with van der Waals surface area (Å²) in [6, 6.07) is 0. The summed E-state index contributed by atoms with van der Waals surface area (Å²) in [7, 11) is 0. The van der Waals surface area contributed by atoms with Crippen LogP contribution in [0.5, 0.6) is 0 Å². The maximum absolute atomic E-state index is 2.46. The van der Waals surface area contributed by atoms with E-state index in [1.807, 2.05) is 0 Å². The molecular formula is C15H28S2. The van der Waals surface area contributed by atoms with E-state index in [1.165, 1.54) is 44.9 Å². The Morgan fingerprint density at radius 1 is 0.706 bits per heavy atom. The van der Waals surface area contributed by atoms with Crippen molar-refractivity contribution in [2.24, 2.45) is 11.8 Å². The molecule has 0 heterocycles. The summed E-state index contributed by atoms with van der Waals surface area (Å²) in [5.74, 6) is 1.96. The molecule has 0 bridgehead atoms. The first-order valence-electron chi connectivity index (χ1n) is 7.35. The molecule has 0 aromatic carbocycles. The Kier molecular flexibility index (Phi) is 5.60. The molecule has 2 heteroatoms. The summed E-state index contributed by atoms with van der Waals surface area (Å²) in [5, 5.41) is 2.90. The Bertz CT molecular complexity index is 221. The Morgan fingerprint density at radius 2 is 1.35 bits per heavy atom. The van der Waals surface area contributed by atoms with Crippen LogP contribution in [0.3, 0.4) is 0 Å². The minimum atomic E-state index is 0.943. The molecule has 0 nitrogen and oxygen atoms in total. The zero-order valence-electron chi connectivity index (χ0n) is 11.7. The lowest BCUT2D eigenvalue weighted by atomic mass is 9.90. The Balaban J connectivity index is 1.77. The molecule has 2 aliphatic carbocycles. The van der Waals surface area contributed by atoms with Crippen molar-refractivity contribution in [3.05, 3.63) is 0 Å². The van der Waals surface area contributed by atoms with E-state index in [-0.39, 0.29) is 0 Å². The normalized spacial score (nSPS) is 43.6. The summed E-state index contributed by atoms with van der Waals surface area (Å²) < 4.78 is 0. The molecule has 2 fully saturated rings. The first-order valence-corrected chi connectivity index (χ1v) is 9.58. The molecule has 17 heavy (non-hydrogen) atoms. The Morgan fingerprint density at radius 3 is 2.00 bits per heavy atom. The summed E-state index contributed by atoms with van der Waals surface area (Å²) in [5.41, 5.74) is 0. The second-order valence-corrected chi connectivity index (χ2v) is 9.05. The van der Waals surface area contributed by atoms with Gasteiger partial charge in [0.05, 0.1) is 0 Å². The molecule has 0 aromatic heterocycles. The van der Waals surface area contributed by atoms with Crippen molar-refractivity contribution in [2.45, 2.75) is 74.5 Å². The van der Waals surface area contributed by atoms with Crippen molar-refractivity contribution in [3.63, 3.8) is 0 Å². The Labute approximate surface area is 116 Å².